The van der Waals surface area contributed by atoms with Crippen LogP contribution in [0.25, 0.3) is 0 Å². The van der Waals surface area contributed by atoms with Gasteiger partial charge in [0.25, 0.3) is 5.91 Å². The number of allylic oxidation sites excluding steroid dienone is 1. The van der Waals surface area contributed by atoms with E-state index in [1.807, 2.05) is 61.5 Å². The van der Waals surface area contributed by atoms with Gasteiger partial charge in [0.05, 0.1) is 23.5 Å². The maximum absolute atomic E-state index is 13.6. The van der Waals surface area contributed by atoms with E-state index in [4.69, 9.17) is 4.74 Å². The lowest BCUT2D eigenvalue weighted by atomic mass is 9.98. The molecule has 2 N–H and O–H groups in total. The lowest BCUT2D eigenvalue weighted by molar-refractivity contribution is -0.134. The Morgan fingerprint density at radius 2 is 1.91 bits per heavy atom. The van der Waals surface area contributed by atoms with Crippen LogP contribution in [0.15, 0.2) is 77.5 Å². The number of carbonyl (C=O) groups excluding carboxylic acids is 3. The molecule has 7 rings (SSSR count). The molecule has 2 unspecified atom stereocenters. The summed E-state index contributed by atoms with van der Waals surface area (Å²) in [6.07, 6.45) is 5.44. The van der Waals surface area contributed by atoms with Crippen molar-refractivity contribution in [3.05, 3.63) is 83.6 Å². The van der Waals surface area contributed by atoms with Gasteiger partial charge in [-0.05, 0) is 67.6 Å². The predicted octanol–water partition coefficient (Wildman–Crippen LogP) is 4.75. The fourth-order valence-corrected chi connectivity index (χ4v) is 6.91. The fourth-order valence-electron chi connectivity index (χ4n) is 5.68. The molecule has 10 nitrogen and oxygen atoms in total. The summed E-state index contributed by atoms with van der Waals surface area (Å²) in [5.74, 6) is 1.20. The second-order valence-corrected chi connectivity index (χ2v) is 12.3. The number of rotatable bonds is 7. The molecule has 216 valence electrons. The molecule has 3 aliphatic heterocycles. The summed E-state index contributed by atoms with van der Waals surface area (Å²) in [4.78, 5) is 47.4. The summed E-state index contributed by atoms with van der Waals surface area (Å²) in [5, 5.41) is 15.5. The Bertz CT molecular complexity index is 1710. The highest BCUT2D eigenvalue weighted by molar-refractivity contribution is 8.01. The van der Waals surface area contributed by atoms with Crippen molar-refractivity contribution in [2.24, 2.45) is 5.92 Å². The molecule has 1 saturated carbocycles. The summed E-state index contributed by atoms with van der Waals surface area (Å²) in [5.41, 5.74) is 3.23. The number of carbonyl (C=O) groups is 3. The van der Waals surface area contributed by atoms with Crippen LogP contribution in [0.3, 0.4) is 0 Å². The zero-order valence-electron chi connectivity index (χ0n) is 23.3. The van der Waals surface area contributed by atoms with E-state index in [0.717, 1.165) is 29.7 Å². The van der Waals surface area contributed by atoms with Crippen LogP contribution < -0.4 is 20.3 Å². The highest BCUT2D eigenvalue weighted by atomic mass is 32.2. The van der Waals surface area contributed by atoms with E-state index < -0.39 is 11.3 Å². The van der Waals surface area contributed by atoms with E-state index in [9.17, 15) is 19.6 Å². The number of benzene rings is 2. The van der Waals surface area contributed by atoms with Crippen LogP contribution in [0.4, 0.5) is 16.2 Å². The summed E-state index contributed by atoms with van der Waals surface area (Å²) in [6, 6.07) is 17.8. The molecule has 2 atom stereocenters. The van der Waals surface area contributed by atoms with Crippen LogP contribution in [0.1, 0.15) is 30.0 Å². The maximum Gasteiger partial charge on any atom is 0.327 e. The number of nitrogens with zero attached hydrogens (tertiary/aromatic N) is 4. The molecule has 1 saturated heterocycles. The van der Waals surface area contributed by atoms with Gasteiger partial charge in [0.15, 0.2) is 0 Å². The third-order valence-corrected chi connectivity index (χ3v) is 9.33. The average molecular weight is 593 g/mol. The minimum Gasteiger partial charge on any atom is -0.457 e. The van der Waals surface area contributed by atoms with Crippen LogP contribution in [-0.2, 0) is 9.59 Å². The number of para-hydroxylation sites is 1. The van der Waals surface area contributed by atoms with Crippen LogP contribution in [0, 0.1) is 24.2 Å². The quantitative estimate of drug-likeness (QED) is 0.300. The van der Waals surface area contributed by atoms with E-state index in [2.05, 4.69) is 15.6 Å². The monoisotopic (exact) mass is 592 g/mol. The molecule has 43 heavy (non-hydrogen) atoms. The van der Waals surface area contributed by atoms with Crippen molar-refractivity contribution in [2.75, 3.05) is 18.0 Å². The van der Waals surface area contributed by atoms with Crippen molar-refractivity contribution < 1.29 is 19.1 Å². The number of hydrogen-bond acceptors (Lipinski definition) is 7. The Hall–Kier alpha value is -4.82. The van der Waals surface area contributed by atoms with Crippen LogP contribution in [-0.4, -0.2) is 52.1 Å². The van der Waals surface area contributed by atoms with Gasteiger partial charge in [-0.15, -0.1) is 0 Å². The van der Waals surface area contributed by atoms with E-state index in [0.29, 0.717) is 41.2 Å². The zero-order chi connectivity index (χ0) is 29.7. The standard InChI is InChI=1S/C32H28N6O4S/c1-18-13-23(42-22-5-3-2-4-6-22)9-10-24(18)38-25-11-12-34-30-26(25)27(36-32(38)41)28(43-30)29(39)35-21-16-37(17-21)31(40)20(15-33)14-19-7-8-19/h2-6,9-14,19,21,27-28H,7-8,16-17H2,1H3,(H,35,39)(H,36,41)/b20-14+. The number of aromatic nitrogens is 1. The Kier molecular flexibility index (Phi) is 6.78. The number of anilines is 2. The number of nitriles is 1. The highest BCUT2D eigenvalue weighted by Gasteiger charge is 2.47. The van der Waals surface area contributed by atoms with Gasteiger partial charge >= 0.3 is 6.03 Å². The second kappa shape index (κ2) is 10.8. The normalized spacial score (nSPS) is 20.9. The SMILES string of the molecule is Cc1cc(Oc2ccccc2)ccc1N1C(=O)NC2c3c1ccnc3SC2C(=O)NC1CN(C(=O)/C(C#N)=C/C2CC2)C1. The van der Waals surface area contributed by atoms with E-state index in [1.165, 1.54) is 11.8 Å². The minimum absolute atomic E-state index is 0.177. The first-order valence-corrected chi connectivity index (χ1v) is 15.1. The van der Waals surface area contributed by atoms with Gasteiger partial charge < -0.3 is 20.3 Å². The van der Waals surface area contributed by atoms with Crippen molar-refractivity contribution in [1.82, 2.24) is 20.5 Å². The smallest absolute Gasteiger partial charge is 0.327 e. The zero-order valence-corrected chi connectivity index (χ0v) is 24.1. The fraction of sp³-hybridized carbons (Fsp3) is 0.281. The Balaban J connectivity index is 1.05. The molecule has 1 aliphatic carbocycles. The number of hydrogen-bond donors (Lipinski definition) is 2. The third-order valence-electron chi connectivity index (χ3n) is 8.04. The van der Waals surface area contributed by atoms with Gasteiger partial charge in [-0.2, -0.15) is 5.26 Å². The molecule has 4 aliphatic rings. The van der Waals surface area contributed by atoms with Gasteiger partial charge in [0.2, 0.25) is 5.91 Å². The van der Waals surface area contributed by atoms with E-state index in [-0.39, 0.29) is 29.5 Å². The number of ether oxygens (including phenoxy) is 1. The number of likely N-dealkylation sites (tertiary alicyclic amines) is 1. The van der Waals surface area contributed by atoms with Crippen molar-refractivity contribution >= 4 is 41.0 Å². The first-order chi connectivity index (χ1) is 20.9. The summed E-state index contributed by atoms with van der Waals surface area (Å²) < 4.78 is 5.97. The van der Waals surface area contributed by atoms with Gasteiger partial charge in [-0.1, -0.05) is 36.0 Å². The van der Waals surface area contributed by atoms with Crippen molar-refractivity contribution in [3.8, 4) is 17.6 Å². The number of pyridine rings is 1. The van der Waals surface area contributed by atoms with Gasteiger partial charge in [-0.3, -0.25) is 14.5 Å². The van der Waals surface area contributed by atoms with E-state index >= 15 is 0 Å². The van der Waals surface area contributed by atoms with Crippen molar-refractivity contribution in [3.63, 3.8) is 0 Å². The Labute approximate surface area is 252 Å². The maximum atomic E-state index is 13.6. The molecular weight excluding hydrogens is 564 g/mol. The second-order valence-electron chi connectivity index (χ2n) is 11.2. The first kappa shape index (κ1) is 27.0. The molecule has 0 radical (unpaired) electrons. The van der Waals surface area contributed by atoms with Crippen molar-refractivity contribution in [1.29, 1.82) is 5.26 Å². The number of urea groups is 1. The van der Waals surface area contributed by atoms with Crippen LogP contribution in [0.2, 0.25) is 0 Å². The van der Waals surface area contributed by atoms with Gasteiger partial charge in [-0.25, -0.2) is 9.78 Å². The number of nitrogens with one attached hydrogen (secondary N) is 2. The number of aryl methyl sites for hydroxylation is 1. The minimum atomic E-state index is -0.605. The molecule has 4 heterocycles. The predicted molar refractivity (Wildman–Crippen MR) is 160 cm³/mol. The average Bonchev–Trinajstić information content (AvgIpc) is 3.73. The number of amides is 4. The van der Waals surface area contributed by atoms with Crippen LogP contribution in [0.5, 0.6) is 11.5 Å². The number of thioether (sulfide) groups is 1. The molecule has 2 aromatic carbocycles. The molecule has 11 heteroatoms. The molecule has 3 aromatic rings. The molecule has 0 spiro atoms. The first-order valence-electron chi connectivity index (χ1n) is 14.2. The summed E-state index contributed by atoms with van der Waals surface area (Å²) in [7, 11) is 0. The molecule has 4 amide bonds. The van der Waals surface area contributed by atoms with Crippen molar-refractivity contribution in [2.45, 2.75) is 42.1 Å². The Morgan fingerprint density at radius 3 is 2.63 bits per heavy atom. The lowest BCUT2D eigenvalue weighted by Crippen LogP contribution is -2.62. The van der Waals surface area contributed by atoms with Crippen LogP contribution >= 0.6 is 11.8 Å². The molecule has 0 bridgehead atoms. The molecular formula is C32H28N6O4S. The van der Waals surface area contributed by atoms with Gasteiger partial charge in [0, 0.05) is 24.8 Å². The summed E-state index contributed by atoms with van der Waals surface area (Å²) >= 11 is 1.33. The highest BCUT2D eigenvalue weighted by Crippen LogP contribution is 2.51. The molecule has 1 aromatic heterocycles. The van der Waals surface area contributed by atoms with Gasteiger partial charge in [0.1, 0.15) is 33.4 Å². The Morgan fingerprint density at radius 1 is 1.12 bits per heavy atom. The lowest BCUT2D eigenvalue weighted by Gasteiger charge is -2.40. The third kappa shape index (κ3) is 5.08. The largest absolute Gasteiger partial charge is 0.457 e. The molecule has 2 fully saturated rings. The topological polar surface area (TPSA) is 128 Å². The van der Waals surface area contributed by atoms with E-state index in [1.54, 1.807) is 28.1 Å². The summed E-state index contributed by atoms with van der Waals surface area (Å²) in [6.45, 7) is 2.61.